The van der Waals surface area contributed by atoms with Gasteiger partial charge >= 0.3 is 11.9 Å². The number of methoxy groups -OCH3 is 1. The van der Waals surface area contributed by atoms with E-state index in [9.17, 15) is 9.59 Å². The summed E-state index contributed by atoms with van der Waals surface area (Å²) in [6, 6.07) is 7.30. The van der Waals surface area contributed by atoms with E-state index in [0.717, 1.165) is 5.56 Å². The second-order valence-corrected chi connectivity index (χ2v) is 6.15. The standard InChI is InChI=1S/C18H23ClO7/c1-11(20)23-10-16-18(24-12(2)21)15(22-3)8-17(26-16)25-14-6-4-13(9-19)5-7-14/h4-7,15-18H,8-10H2,1-3H3. The topological polar surface area (TPSA) is 80.3 Å². The van der Waals surface area contributed by atoms with Gasteiger partial charge in [0, 0.05) is 33.3 Å². The fourth-order valence-electron chi connectivity index (χ4n) is 2.68. The van der Waals surface area contributed by atoms with Gasteiger partial charge in [-0.2, -0.15) is 0 Å². The molecule has 8 heteroatoms. The highest BCUT2D eigenvalue weighted by Crippen LogP contribution is 2.28. The Balaban J connectivity index is 2.10. The normalized spacial score (nSPS) is 25.4. The number of esters is 2. The van der Waals surface area contributed by atoms with Crippen molar-refractivity contribution in [1.29, 1.82) is 0 Å². The van der Waals surface area contributed by atoms with Gasteiger partial charge in [-0.05, 0) is 17.7 Å². The predicted molar refractivity (Wildman–Crippen MR) is 92.9 cm³/mol. The zero-order valence-electron chi connectivity index (χ0n) is 15.0. The fraction of sp³-hybridized carbons (Fsp3) is 0.556. The van der Waals surface area contributed by atoms with Crippen molar-refractivity contribution in [2.75, 3.05) is 13.7 Å². The lowest BCUT2D eigenvalue weighted by Crippen LogP contribution is -2.54. The predicted octanol–water partition coefficient (Wildman–Crippen LogP) is 2.43. The third-order valence-corrected chi connectivity index (χ3v) is 4.19. The third-order valence-electron chi connectivity index (χ3n) is 3.89. The maximum atomic E-state index is 11.4. The van der Waals surface area contributed by atoms with Gasteiger partial charge in [-0.3, -0.25) is 9.59 Å². The number of benzene rings is 1. The Bertz CT molecular complexity index is 604. The minimum atomic E-state index is -0.700. The Kier molecular flexibility index (Phi) is 7.68. The monoisotopic (exact) mass is 386 g/mol. The lowest BCUT2D eigenvalue weighted by atomic mass is 10.0. The third kappa shape index (κ3) is 5.86. The Morgan fingerprint density at radius 2 is 1.88 bits per heavy atom. The number of alkyl halides is 1. The van der Waals surface area contributed by atoms with Gasteiger partial charge in [-0.15, -0.1) is 11.6 Å². The molecule has 1 heterocycles. The number of carbonyl (C=O) groups excluding carboxylic acids is 2. The van der Waals surface area contributed by atoms with Crippen LogP contribution in [-0.2, 0) is 34.4 Å². The van der Waals surface area contributed by atoms with Crippen LogP contribution in [-0.4, -0.2) is 50.3 Å². The van der Waals surface area contributed by atoms with Crippen molar-refractivity contribution in [2.45, 2.75) is 50.8 Å². The molecule has 1 aliphatic heterocycles. The van der Waals surface area contributed by atoms with E-state index in [0.29, 0.717) is 18.1 Å². The number of halogens is 1. The van der Waals surface area contributed by atoms with Crippen LogP contribution in [0.15, 0.2) is 24.3 Å². The summed E-state index contributed by atoms with van der Waals surface area (Å²) < 4.78 is 27.5. The molecule has 1 aromatic carbocycles. The van der Waals surface area contributed by atoms with Crippen molar-refractivity contribution < 1.29 is 33.3 Å². The molecule has 1 fully saturated rings. The average molecular weight is 387 g/mol. The molecular weight excluding hydrogens is 364 g/mol. The molecule has 1 aromatic rings. The maximum absolute atomic E-state index is 11.4. The molecule has 1 aliphatic rings. The van der Waals surface area contributed by atoms with Crippen molar-refractivity contribution in [3.63, 3.8) is 0 Å². The second kappa shape index (κ2) is 9.75. The van der Waals surface area contributed by atoms with Crippen LogP contribution in [0.25, 0.3) is 0 Å². The summed E-state index contributed by atoms with van der Waals surface area (Å²) in [4.78, 5) is 22.5. The summed E-state index contributed by atoms with van der Waals surface area (Å²) in [5, 5.41) is 0. The van der Waals surface area contributed by atoms with E-state index in [4.69, 9.17) is 35.3 Å². The van der Waals surface area contributed by atoms with Gasteiger partial charge in [0.15, 0.2) is 6.10 Å². The molecule has 0 aromatic heterocycles. The number of ether oxygens (including phenoxy) is 5. The summed E-state index contributed by atoms with van der Waals surface area (Å²) in [6.07, 6.45) is -2.15. The first-order chi connectivity index (χ1) is 12.4. The summed E-state index contributed by atoms with van der Waals surface area (Å²) in [5.41, 5.74) is 0.973. The first kappa shape index (κ1) is 20.5. The van der Waals surface area contributed by atoms with Crippen molar-refractivity contribution >= 4 is 23.5 Å². The minimum Gasteiger partial charge on any atom is -0.465 e. The van der Waals surface area contributed by atoms with Crippen molar-refractivity contribution in [1.82, 2.24) is 0 Å². The average Bonchev–Trinajstić information content (AvgIpc) is 2.61. The highest BCUT2D eigenvalue weighted by atomic mass is 35.5. The molecule has 7 nitrogen and oxygen atoms in total. The van der Waals surface area contributed by atoms with E-state index in [1.54, 1.807) is 12.1 Å². The van der Waals surface area contributed by atoms with Gasteiger partial charge in [0.05, 0.1) is 0 Å². The van der Waals surface area contributed by atoms with Gasteiger partial charge in [-0.1, -0.05) is 12.1 Å². The van der Waals surface area contributed by atoms with Gasteiger partial charge in [-0.25, -0.2) is 0 Å². The van der Waals surface area contributed by atoms with E-state index < -0.39 is 36.5 Å². The molecule has 0 N–H and O–H groups in total. The Morgan fingerprint density at radius 3 is 2.42 bits per heavy atom. The molecule has 4 unspecified atom stereocenters. The van der Waals surface area contributed by atoms with Crippen LogP contribution in [0.2, 0.25) is 0 Å². The summed E-state index contributed by atoms with van der Waals surface area (Å²) in [6.45, 7) is 2.53. The van der Waals surface area contributed by atoms with E-state index in [-0.39, 0.29) is 6.61 Å². The summed E-state index contributed by atoms with van der Waals surface area (Å²) in [7, 11) is 1.52. The molecule has 0 bridgehead atoms. The maximum Gasteiger partial charge on any atom is 0.303 e. The quantitative estimate of drug-likeness (QED) is 0.526. The highest BCUT2D eigenvalue weighted by molar-refractivity contribution is 6.17. The molecule has 0 aliphatic carbocycles. The van der Waals surface area contributed by atoms with Crippen molar-refractivity contribution in [2.24, 2.45) is 0 Å². The van der Waals surface area contributed by atoms with Crippen LogP contribution < -0.4 is 4.74 Å². The summed E-state index contributed by atoms with van der Waals surface area (Å²) >= 11 is 5.78. The van der Waals surface area contributed by atoms with E-state index in [2.05, 4.69) is 0 Å². The van der Waals surface area contributed by atoms with Gasteiger partial charge < -0.3 is 23.7 Å². The van der Waals surface area contributed by atoms with E-state index in [1.165, 1.54) is 21.0 Å². The molecule has 0 radical (unpaired) electrons. The molecule has 2 rings (SSSR count). The molecular formula is C18H23ClO7. The fourth-order valence-corrected chi connectivity index (χ4v) is 2.86. The zero-order chi connectivity index (χ0) is 19.1. The largest absolute Gasteiger partial charge is 0.465 e. The Morgan fingerprint density at radius 1 is 1.19 bits per heavy atom. The number of carbonyl (C=O) groups is 2. The van der Waals surface area contributed by atoms with Crippen LogP contribution in [0.1, 0.15) is 25.8 Å². The van der Waals surface area contributed by atoms with Crippen LogP contribution in [0.5, 0.6) is 5.75 Å². The minimum absolute atomic E-state index is 0.0712. The van der Waals surface area contributed by atoms with Gasteiger partial charge in [0.25, 0.3) is 0 Å². The lowest BCUT2D eigenvalue weighted by Gasteiger charge is -2.39. The number of hydrogen-bond donors (Lipinski definition) is 0. The van der Waals surface area contributed by atoms with Gasteiger partial charge in [0.2, 0.25) is 6.29 Å². The first-order valence-corrected chi connectivity index (χ1v) is 8.76. The smallest absolute Gasteiger partial charge is 0.303 e. The van der Waals surface area contributed by atoms with Crippen LogP contribution in [0.3, 0.4) is 0 Å². The lowest BCUT2D eigenvalue weighted by molar-refractivity contribution is -0.244. The number of rotatable bonds is 7. The number of hydrogen-bond acceptors (Lipinski definition) is 7. The molecule has 4 atom stereocenters. The van der Waals surface area contributed by atoms with Crippen molar-refractivity contribution in [3.05, 3.63) is 29.8 Å². The van der Waals surface area contributed by atoms with E-state index >= 15 is 0 Å². The SMILES string of the molecule is COC1CC(Oc2ccc(CCl)cc2)OC(COC(C)=O)C1OC(C)=O. The molecule has 0 spiro atoms. The first-order valence-electron chi connectivity index (χ1n) is 8.23. The Labute approximate surface area is 157 Å². The van der Waals surface area contributed by atoms with Crippen LogP contribution in [0.4, 0.5) is 0 Å². The molecule has 1 saturated heterocycles. The van der Waals surface area contributed by atoms with Crippen LogP contribution in [0, 0.1) is 0 Å². The molecule has 0 amide bonds. The van der Waals surface area contributed by atoms with E-state index in [1.807, 2.05) is 12.1 Å². The summed E-state index contributed by atoms with van der Waals surface area (Å²) in [5.74, 6) is 0.102. The van der Waals surface area contributed by atoms with Crippen molar-refractivity contribution in [3.8, 4) is 5.75 Å². The molecule has 26 heavy (non-hydrogen) atoms. The highest BCUT2D eigenvalue weighted by Gasteiger charge is 2.42. The molecule has 0 saturated carbocycles. The van der Waals surface area contributed by atoms with Crippen LogP contribution >= 0.6 is 11.6 Å². The Hall–Kier alpha value is -1.83. The zero-order valence-corrected chi connectivity index (χ0v) is 15.7. The molecule has 144 valence electrons. The van der Waals surface area contributed by atoms with Gasteiger partial charge in [0.1, 0.15) is 24.6 Å². The second-order valence-electron chi connectivity index (χ2n) is 5.89.